The van der Waals surface area contributed by atoms with E-state index in [-0.39, 0.29) is 11.6 Å². The zero-order valence-electron chi connectivity index (χ0n) is 14.1. The highest BCUT2D eigenvalue weighted by Crippen LogP contribution is 2.26. The van der Waals surface area contributed by atoms with Gasteiger partial charge in [-0.3, -0.25) is 14.9 Å². The van der Waals surface area contributed by atoms with Gasteiger partial charge in [-0.1, -0.05) is 12.1 Å². The van der Waals surface area contributed by atoms with Crippen molar-refractivity contribution >= 4 is 29.0 Å². The lowest BCUT2D eigenvalue weighted by atomic mass is 10.2. The number of para-hydroxylation sites is 2. The highest BCUT2D eigenvalue weighted by atomic mass is 16.6. The fraction of sp³-hybridized carbons (Fsp3) is 0.211. The Bertz CT molecular complexity index is 812. The molecule has 1 saturated heterocycles. The number of hydrogen-bond donors (Lipinski definition) is 1. The number of morpholine rings is 1. The van der Waals surface area contributed by atoms with Crippen LogP contribution >= 0.6 is 0 Å². The Kier molecular flexibility index (Phi) is 5.60. The number of nitro groups is 1. The van der Waals surface area contributed by atoms with Crippen LogP contribution in [0.25, 0.3) is 6.08 Å². The Morgan fingerprint density at radius 2 is 1.81 bits per heavy atom. The minimum atomic E-state index is -0.456. The first-order chi connectivity index (χ1) is 12.6. The predicted octanol–water partition coefficient (Wildman–Crippen LogP) is 3.08. The van der Waals surface area contributed by atoms with Crippen LogP contribution in [0.4, 0.5) is 17.1 Å². The molecule has 7 nitrogen and oxygen atoms in total. The first-order valence-electron chi connectivity index (χ1n) is 8.29. The van der Waals surface area contributed by atoms with E-state index < -0.39 is 4.92 Å². The van der Waals surface area contributed by atoms with Crippen LogP contribution in [0.2, 0.25) is 0 Å². The smallest absolute Gasteiger partial charge is 0.269 e. The number of benzene rings is 2. The number of hydrogen-bond acceptors (Lipinski definition) is 5. The monoisotopic (exact) mass is 353 g/mol. The standard InChI is InChI=1S/C19H19N3O4/c23-19(10-7-15-5-8-16(9-6-15)22(24)25)20-17-3-1-2-4-18(17)21-11-13-26-14-12-21/h1-10H,11-14H2,(H,20,23). The summed E-state index contributed by atoms with van der Waals surface area (Å²) in [5.74, 6) is -0.260. The van der Waals surface area contributed by atoms with Gasteiger partial charge >= 0.3 is 0 Å². The molecule has 1 fully saturated rings. The van der Waals surface area contributed by atoms with Gasteiger partial charge in [0.1, 0.15) is 0 Å². The molecular formula is C19H19N3O4. The van der Waals surface area contributed by atoms with E-state index in [1.165, 1.54) is 18.2 Å². The number of amides is 1. The number of nitrogens with one attached hydrogen (secondary N) is 1. The Morgan fingerprint density at radius 1 is 1.12 bits per heavy atom. The predicted molar refractivity (Wildman–Crippen MR) is 100 cm³/mol. The van der Waals surface area contributed by atoms with Crippen molar-refractivity contribution in [2.24, 2.45) is 0 Å². The minimum Gasteiger partial charge on any atom is -0.378 e. The van der Waals surface area contributed by atoms with Crippen LogP contribution < -0.4 is 10.2 Å². The van der Waals surface area contributed by atoms with Crippen molar-refractivity contribution in [2.75, 3.05) is 36.5 Å². The second kappa shape index (κ2) is 8.26. The lowest BCUT2D eigenvalue weighted by molar-refractivity contribution is -0.384. The van der Waals surface area contributed by atoms with E-state index in [0.717, 1.165) is 24.5 Å². The fourth-order valence-electron chi connectivity index (χ4n) is 2.71. The summed E-state index contributed by atoms with van der Waals surface area (Å²) in [5, 5.41) is 13.5. The third-order valence-corrected chi connectivity index (χ3v) is 4.04. The molecule has 2 aromatic rings. The van der Waals surface area contributed by atoms with Crippen molar-refractivity contribution < 1.29 is 14.5 Å². The first-order valence-corrected chi connectivity index (χ1v) is 8.29. The van der Waals surface area contributed by atoms with Gasteiger partial charge in [-0.05, 0) is 35.9 Å². The van der Waals surface area contributed by atoms with E-state index in [1.54, 1.807) is 18.2 Å². The molecule has 1 amide bonds. The summed E-state index contributed by atoms with van der Waals surface area (Å²) in [7, 11) is 0. The third-order valence-electron chi connectivity index (χ3n) is 4.04. The second-order valence-electron chi connectivity index (χ2n) is 5.79. The van der Waals surface area contributed by atoms with Gasteiger partial charge in [-0.2, -0.15) is 0 Å². The Morgan fingerprint density at radius 3 is 2.50 bits per heavy atom. The molecule has 0 aromatic heterocycles. The number of carbonyl (C=O) groups excluding carboxylic acids is 1. The number of ether oxygens (including phenoxy) is 1. The maximum atomic E-state index is 12.2. The van der Waals surface area contributed by atoms with Crippen molar-refractivity contribution in [2.45, 2.75) is 0 Å². The van der Waals surface area contributed by atoms with E-state index in [0.29, 0.717) is 18.8 Å². The number of nitrogens with zero attached hydrogens (tertiary/aromatic N) is 2. The zero-order valence-corrected chi connectivity index (χ0v) is 14.1. The molecule has 0 radical (unpaired) electrons. The van der Waals surface area contributed by atoms with Gasteiger partial charge in [0.05, 0.1) is 29.5 Å². The van der Waals surface area contributed by atoms with Gasteiger partial charge in [0.2, 0.25) is 5.91 Å². The number of anilines is 2. The van der Waals surface area contributed by atoms with Crippen molar-refractivity contribution in [1.29, 1.82) is 0 Å². The highest BCUT2D eigenvalue weighted by Gasteiger charge is 2.15. The van der Waals surface area contributed by atoms with Crippen LogP contribution in [0.15, 0.2) is 54.6 Å². The average Bonchev–Trinajstić information content (AvgIpc) is 2.68. The van der Waals surface area contributed by atoms with Crippen molar-refractivity contribution in [3.63, 3.8) is 0 Å². The minimum absolute atomic E-state index is 0.0195. The SMILES string of the molecule is O=C(C=Cc1ccc([N+](=O)[O-])cc1)Nc1ccccc1N1CCOCC1. The van der Waals surface area contributed by atoms with E-state index >= 15 is 0 Å². The van der Waals surface area contributed by atoms with E-state index in [9.17, 15) is 14.9 Å². The maximum Gasteiger partial charge on any atom is 0.269 e. The molecule has 0 saturated carbocycles. The molecule has 26 heavy (non-hydrogen) atoms. The molecule has 1 heterocycles. The van der Waals surface area contributed by atoms with Gasteiger partial charge < -0.3 is 15.0 Å². The molecular weight excluding hydrogens is 334 g/mol. The van der Waals surface area contributed by atoms with Gasteiger partial charge in [0, 0.05) is 31.3 Å². The summed E-state index contributed by atoms with van der Waals surface area (Å²) >= 11 is 0. The molecule has 1 N–H and O–H groups in total. The summed E-state index contributed by atoms with van der Waals surface area (Å²) in [6, 6.07) is 13.7. The molecule has 0 spiro atoms. The van der Waals surface area contributed by atoms with Crippen LogP contribution in [0.1, 0.15) is 5.56 Å². The third kappa shape index (κ3) is 4.46. The fourth-order valence-corrected chi connectivity index (χ4v) is 2.71. The Labute approximate surface area is 151 Å². The van der Waals surface area contributed by atoms with E-state index in [4.69, 9.17) is 4.74 Å². The quantitative estimate of drug-likeness (QED) is 0.507. The van der Waals surface area contributed by atoms with Crippen LogP contribution in [0, 0.1) is 10.1 Å². The Balaban J connectivity index is 1.67. The molecule has 7 heteroatoms. The summed E-state index contributed by atoms with van der Waals surface area (Å²) < 4.78 is 5.37. The molecule has 0 unspecified atom stereocenters. The van der Waals surface area contributed by atoms with Gasteiger partial charge in [-0.15, -0.1) is 0 Å². The van der Waals surface area contributed by atoms with Crippen LogP contribution in [0.3, 0.4) is 0 Å². The lowest BCUT2D eigenvalue weighted by Gasteiger charge is -2.30. The molecule has 1 aliphatic rings. The van der Waals surface area contributed by atoms with Crippen molar-refractivity contribution in [3.8, 4) is 0 Å². The number of non-ortho nitro benzene ring substituents is 1. The zero-order chi connectivity index (χ0) is 18.4. The number of nitro benzene ring substituents is 1. The van der Waals surface area contributed by atoms with Crippen LogP contribution in [-0.4, -0.2) is 37.1 Å². The molecule has 134 valence electrons. The number of carbonyl (C=O) groups is 1. The lowest BCUT2D eigenvalue weighted by Crippen LogP contribution is -2.36. The molecule has 0 bridgehead atoms. The van der Waals surface area contributed by atoms with E-state index in [1.807, 2.05) is 24.3 Å². The second-order valence-corrected chi connectivity index (χ2v) is 5.79. The number of rotatable bonds is 5. The molecule has 2 aromatic carbocycles. The summed E-state index contributed by atoms with van der Waals surface area (Å²) in [5.41, 5.74) is 2.44. The van der Waals surface area contributed by atoms with Gasteiger partial charge in [0.15, 0.2) is 0 Å². The van der Waals surface area contributed by atoms with Gasteiger partial charge in [0.25, 0.3) is 5.69 Å². The maximum absolute atomic E-state index is 12.2. The topological polar surface area (TPSA) is 84.7 Å². The first kappa shape index (κ1) is 17.6. The van der Waals surface area contributed by atoms with Crippen LogP contribution in [0.5, 0.6) is 0 Å². The van der Waals surface area contributed by atoms with Gasteiger partial charge in [-0.25, -0.2) is 0 Å². The summed E-state index contributed by atoms with van der Waals surface area (Å²) in [4.78, 5) is 24.6. The highest BCUT2D eigenvalue weighted by molar-refractivity contribution is 6.03. The van der Waals surface area contributed by atoms with E-state index in [2.05, 4.69) is 10.2 Å². The largest absolute Gasteiger partial charge is 0.378 e. The van der Waals surface area contributed by atoms with Crippen LogP contribution in [-0.2, 0) is 9.53 Å². The molecule has 0 atom stereocenters. The summed E-state index contributed by atoms with van der Waals surface area (Å²) in [6.07, 6.45) is 3.04. The normalized spacial score (nSPS) is 14.4. The molecule has 3 rings (SSSR count). The molecule has 1 aliphatic heterocycles. The average molecular weight is 353 g/mol. The van der Waals surface area contributed by atoms with Crippen molar-refractivity contribution in [1.82, 2.24) is 0 Å². The molecule has 0 aliphatic carbocycles. The summed E-state index contributed by atoms with van der Waals surface area (Å²) in [6.45, 7) is 2.90. The van der Waals surface area contributed by atoms with Crippen molar-refractivity contribution in [3.05, 3.63) is 70.3 Å². The Hall–Kier alpha value is -3.19.